The van der Waals surface area contributed by atoms with E-state index in [-0.39, 0.29) is 64.8 Å². The zero-order chi connectivity index (χ0) is 80.5. The lowest BCUT2D eigenvalue weighted by Gasteiger charge is -2.36. The fourth-order valence-electron chi connectivity index (χ4n) is 14.3. The van der Waals surface area contributed by atoms with Crippen molar-refractivity contribution in [3.05, 3.63) is 186 Å². The standard InChI is InChI=1S/C83H102N16O13/c1-48(84-9)72(100)91-70(82(3,4)5)79(107)97-43-60-39-68(97)76(104)88-65(38-53-22-28-55-18-14-16-20-57(55)34-53)75(103)90-67(81(109)110)36-51-25-31-63(32-26-51)112-46-59-42-99(94-93-59)61-40-69(98(44-61)80(108)71(83(6,7)8)92-73(101)49(2)85-10)77(105)87-64(37-52-21-27-54-17-13-15-19-56(54)33-52)74(102)89-66(78(106)95(11)12)35-50-23-29-62(30-24-50)111-45-58-41-96(60)47-86-58/h13-34,41-42,47-49,60-61,64-71,84-85H,35-40,43-46H2,1-12H3,(H,87,105)(H,88,104)(H,89,102)(H,90,103)(H,91,100)(H,92,101)(H,109,110)/t48-,49-,60-,61-,64-,65-,66-,67-,68-,69-,70+,71+/m0/s1. The number of carboxylic acids is 1. The molecule has 0 radical (unpaired) electrons. The number of nitrogens with one attached hydrogen (secondary N) is 8. The number of carbonyl (C=O) groups excluding carboxylic acids is 9. The first kappa shape index (κ1) is 81.4. The van der Waals surface area contributed by atoms with Crippen LogP contribution in [0.25, 0.3) is 21.5 Å². The van der Waals surface area contributed by atoms with Crippen molar-refractivity contribution in [1.29, 1.82) is 0 Å². The van der Waals surface area contributed by atoms with E-state index in [2.05, 4.69) is 57.8 Å². The van der Waals surface area contributed by atoms with Gasteiger partial charge in [0.2, 0.25) is 53.2 Å². The van der Waals surface area contributed by atoms with Crippen LogP contribution in [0, 0.1) is 10.8 Å². The number of carbonyl (C=O) groups is 10. The molecule has 29 nitrogen and oxygen atoms in total. The van der Waals surface area contributed by atoms with Gasteiger partial charge in [-0.2, -0.15) is 0 Å². The molecule has 0 aliphatic carbocycles. The first-order valence-electron chi connectivity index (χ1n) is 37.8. The highest BCUT2D eigenvalue weighted by atomic mass is 16.5. The highest BCUT2D eigenvalue weighted by Crippen LogP contribution is 2.35. The molecule has 2 fully saturated rings. The van der Waals surface area contributed by atoms with E-state index in [4.69, 9.17) is 9.47 Å². The predicted molar refractivity (Wildman–Crippen MR) is 419 cm³/mol. The van der Waals surface area contributed by atoms with Crippen LogP contribution in [0.4, 0.5) is 0 Å². The summed E-state index contributed by atoms with van der Waals surface area (Å²) in [4.78, 5) is 155. The molecular formula is C83H102N16O13. The Morgan fingerprint density at radius 1 is 0.554 bits per heavy atom. The third-order valence-corrected chi connectivity index (χ3v) is 21.1. The van der Waals surface area contributed by atoms with Crippen molar-refractivity contribution in [2.24, 2.45) is 10.8 Å². The summed E-state index contributed by atoms with van der Waals surface area (Å²) in [6.07, 6.45) is 4.71. The van der Waals surface area contributed by atoms with Gasteiger partial charge in [-0.05, 0) is 113 Å². The van der Waals surface area contributed by atoms with E-state index in [0.717, 1.165) is 21.5 Å². The van der Waals surface area contributed by atoms with E-state index < -0.39 is 142 Å². The second-order valence-corrected chi connectivity index (χ2v) is 31.8. The Morgan fingerprint density at radius 3 is 1.45 bits per heavy atom. The second-order valence-electron chi connectivity index (χ2n) is 31.8. The summed E-state index contributed by atoms with van der Waals surface area (Å²) in [5.74, 6) is -5.81. The average Bonchev–Trinajstić information content (AvgIpc) is 1.64. The van der Waals surface area contributed by atoms with Crippen LogP contribution in [0.5, 0.6) is 11.5 Å². The normalized spacial score (nSPS) is 21.5. The van der Waals surface area contributed by atoms with Crippen molar-refractivity contribution in [1.82, 2.24) is 81.8 Å². The van der Waals surface area contributed by atoms with E-state index in [1.807, 2.05) is 126 Å². The van der Waals surface area contributed by atoms with Crippen LogP contribution in [0.3, 0.4) is 0 Å². The molecule has 9 N–H and O–H groups in total. The van der Waals surface area contributed by atoms with Crippen molar-refractivity contribution >= 4 is 80.7 Å². The number of aliphatic carboxylic acids is 1. The van der Waals surface area contributed by atoms with Crippen LogP contribution in [-0.4, -0.2) is 205 Å². The SMILES string of the molecule is CN[C@@H](C)C(=O)N[C@H](C(=O)N1C[C@@H]2C[C@H]1C(=O)N[C@@H](Cc1ccc3ccccc3c1)C(=O)N[C@H](C(=O)O)Cc1ccc(cc1)OCc1cn(nn1)[C@H]1C[C@@H](C(=O)N[C@@H](Cc3ccc4ccccc4c3)C(=O)N[C@H](C(=O)N(C)C)Cc3ccc(cc3)OCc3cn2cn3)N(C(=O)[C@@H](NC(=O)[C@H](C)NC)C(C)(C)C)C1)C(C)(C)C. The van der Waals surface area contributed by atoms with Crippen LogP contribution in [0.15, 0.2) is 152 Å². The Kier molecular flexibility index (Phi) is 25.6. The first-order valence-corrected chi connectivity index (χ1v) is 37.8. The topological polar surface area (TPSA) is 364 Å². The number of benzene rings is 6. The number of likely N-dealkylation sites (N-methyl/N-ethyl adjacent to an activating group) is 3. The number of amides is 9. The molecule has 0 spiro atoms. The van der Waals surface area contributed by atoms with Gasteiger partial charge in [0.1, 0.15) is 78.7 Å². The number of aromatic nitrogens is 5. The number of likely N-dealkylation sites (tertiary alicyclic amines) is 2. The Morgan fingerprint density at radius 2 is 0.991 bits per heavy atom. The lowest BCUT2D eigenvalue weighted by molar-refractivity contribution is -0.145. The average molecular weight is 1530 g/mol. The Balaban J connectivity index is 0.933. The molecule has 0 saturated carbocycles. The smallest absolute Gasteiger partial charge is 0.326 e. The van der Waals surface area contributed by atoms with Gasteiger partial charge in [0, 0.05) is 65.5 Å². The summed E-state index contributed by atoms with van der Waals surface area (Å²) in [7, 11) is 6.40. The van der Waals surface area contributed by atoms with Gasteiger partial charge in [0.05, 0.1) is 42.4 Å². The Bertz CT molecular complexity index is 4760. The number of carboxylic acid groups (broad SMARTS) is 1. The van der Waals surface area contributed by atoms with Crippen LogP contribution in [0.1, 0.15) is 114 Å². The fraction of sp³-hybridized carbons (Fsp3) is 0.434. The van der Waals surface area contributed by atoms with Gasteiger partial charge in [0.25, 0.3) is 0 Å². The number of ether oxygens (including phenoxy) is 2. The van der Waals surface area contributed by atoms with Crippen LogP contribution in [0.2, 0.25) is 0 Å². The molecule has 2 saturated heterocycles. The van der Waals surface area contributed by atoms with Crippen LogP contribution >= 0.6 is 0 Å². The molecule has 12 atom stereocenters. The molecule has 2 aromatic heterocycles. The maximum absolute atomic E-state index is 15.4. The van der Waals surface area contributed by atoms with Crippen molar-refractivity contribution in [3.63, 3.8) is 0 Å². The third-order valence-electron chi connectivity index (χ3n) is 21.1. The molecule has 12 bridgehead atoms. The molecule has 6 aliphatic heterocycles. The molecule has 0 unspecified atom stereocenters. The molecule has 29 heteroatoms. The summed E-state index contributed by atoms with van der Waals surface area (Å²) in [5, 5.41) is 46.7. The summed E-state index contributed by atoms with van der Waals surface area (Å²) in [6.45, 7) is 13.9. The summed E-state index contributed by atoms with van der Waals surface area (Å²) >= 11 is 0. The minimum absolute atomic E-state index is 0.00667. The van der Waals surface area contributed by atoms with Gasteiger partial charge in [-0.25, -0.2) is 14.5 Å². The van der Waals surface area contributed by atoms with Gasteiger partial charge >= 0.3 is 5.97 Å². The number of hydrogen-bond acceptors (Lipinski definition) is 17. The van der Waals surface area contributed by atoms with Gasteiger partial charge in [-0.1, -0.05) is 156 Å². The van der Waals surface area contributed by atoms with Gasteiger partial charge in [-0.3, -0.25) is 43.2 Å². The van der Waals surface area contributed by atoms with Crippen LogP contribution in [-0.2, 0) is 86.8 Å². The van der Waals surface area contributed by atoms with E-state index in [9.17, 15) is 29.1 Å². The quantitative estimate of drug-likeness (QED) is 0.0699. The molecule has 8 heterocycles. The van der Waals surface area contributed by atoms with E-state index in [0.29, 0.717) is 45.1 Å². The van der Waals surface area contributed by atoms with E-state index in [1.165, 1.54) is 14.7 Å². The zero-order valence-electron chi connectivity index (χ0n) is 65.4. The minimum atomic E-state index is -1.50. The monoisotopic (exact) mass is 1530 g/mol. The summed E-state index contributed by atoms with van der Waals surface area (Å²) in [6, 6.07) is 27.6. The molecule has 6 aliphatic rings. The highest BCUT2D eigenvalue weighted by molar-refractivity contribution is 5.99. The molecule has 14 rings (SSSR count). The number of rotatable bonds is 14. The molecule has 9 amide bonds. The highest BCUT2D eigenvalue weighted by Gasteiger charge is 2.49. The number of imidazole rings is 1. The molecule has 6 aromatic carbocycles. The Hall–Kier alpha value is -11.6. The van der Waals surface area contributed by atoms with E-state index in [1.54, 1.807) is 119 Å². The first-order chi connectivity index (χ1) is 53.3. The molecule has 592 valence electrons. The predicted octanol–water partition coefficient (Wildman–Crippen LogP) is 4.90. The maximum atomic E-state index is 15.4. The van der Waals surface area contributed by atoms with Gasteiger partial charge in [-0.15, -0.1) is 5.10 Å². The minimum Gasteiger partial charge on any atom is -0.487 e. The van der Waals surface area contributed by atoms with Crippen molar-refractivity contribution < 1.29 is 62.5 Å². The van der Waals surface area contributed by atoms with Crippen molar-refractivity contribution in [2.45, 2.75) is 180 Å². The number of fused-ring (bicyclic) bond motifs is 2. The van der Waals surface area contributed by atoms with E-state index >= 15 is 24.0 Å². The molecule has 112 heavy (non-hydrogen) atoms. The second kappa shape index (κ2) is 35.2. The van der Waals surface area contributed by atoms with Crippen molar-refractivity contribution in [3.8, 4) is 11.5 Å². The largest absolute Gasteiger partial charge is 0.487 e. The summed E-state index contributed by atoms with van der Waals surface area (Å²) in [5.41, 5.74) is 1.61. The number of nitrogens with zero attached hydrogens (tertiary/aromatic N) is 8. The fourth-order valence-corrected chi connectivity index (χ4v) is 14.3. The van der Waals surface area contributed by atoms with Crippen molar-refractivity contribution in [2.75, 3.05) is 41.3 Å². The lowest BCUT2D eigenvalue weighted by atomic mass is 9.85. The Labute approximate surface area is 651 Å². The lowest BCUT2D eigenvalue weighted by Crippen LogP contribution is -2.61. The molecule has 8 aromatic rings. The van der Waals surface area contributed by atoms with Gasteiger partial charge in [0.15, 0.2) is 0 Å². The van der Waals surface area contributed by atoms with Gasteiger partial charge < -0.3 is 76.4 Å². The third kappa shape index (κ3) is 19.9. The zero-order valence-corrected chi connectivity index (χ0v) is 65.4. The van der Waals surface area contributed by atoms with Crippen LogP contribution < -0.4 is 52.0 Å². The molecular weight excluding hydrogens is 1430 g/mol. The number of hydrogen-bond donors (Lipinski definition) is 9. The summed E-state index contributed by atoms with van der Waals surface area (Å²) < 4.78 is 15.8. The maximum Gasteiger partial charge on any atom is 0.326 e.